The predicted octanol–water partition coefficient (Wildman–Crippen LogP) is 3.85. The highest BCUT2D eigenvalue weighted by molar-refractivity contribution is 9.10. The summed E-state index contributed by atoms with van der Waals surface area (Å²) in [4.78, 5) is 12.2. The van der Waals surface area contributed by atoms with Gasteiger partial charge in [-0.15, -0.1) is 0 Å². The molecule has 0 saturated carbocycles. The maximum absolute atomic E-state index is 13.8. The van der Waals surface area contributed by atoms with E-state index in [1.54, 1.807) is 31.2 Å². The number of hydrogen-bond donors (Lipinski definition) is 1. The summed E-state index contributed by atoms with van der Waals surface area (Å²) in [5.74, 6) is 0.519. The smallest absolute Gasteiger partial charge is 0.228 e. The summed E-state index contributed by atoms with van der Waals surface area (Å²) in [6, 6.07) is 8.24. The minimum atomic E-state index is -0.445. The number of benzene rings is 2. The van der Waals surface area contributed by atoms with Crippen molar-refractivity contribution in [3.63, 3.8) is 0 Å². The maximum Gasteiger partial charge on any atom is 0.228 e. The van der Waals surface area contributed by atoms with Crippen molar-refractivity contribution in [2.45, 2.75) is 13.3 Å². The van der Waals surface area contributed by atoms with E-state index < -0.39 is 5.82 Å². The van der Waals surface area contributed by atoms with Crippen LogP contribution in [0.2, 0.25) is 0 Å². The van der Waals surface area contributed by atoms with Crippen LogP contribution in [0, 0.1) is 12.7 Å². The molecule has 120 valence electrons. The van der Waals surface area contributed by atoms with Crippen LogP contribution < -0.4 is 14.8 Å². The number of aryl methyl sites for hydroxylation is 1. The van der Waals surface area contributed by atoms with Crippen molar-refractivity contribution < 1.29 is 18.7 Å². The lowest BCUT2D eigenvalue weighted by Crippen LogP contribution is -2.18. The predicted molar refractivity (Wildman–Crippen MR) is 88.6 cm³/mol. The van der Waals surface area contributed by atoms with E-state index in [2.05, 4.69) is 21.2 Å². The first-order chi connectivity index (χ1) is 11.0. The summed E-state index contributed by atoms with van der Waals surface area (Å²) in [5, 5.41) is 2.59. The van der Waals surface area contributed by atoms with E-state index in [1.165, 1.54) is 6.07 Å². The van der Waals surface area contributed by atoms with Gasteiger partial charge in [-0.25, -0.2) is 4.39 Å². The number of carbonyl (C=O) groups is 1. The Morgan fingerprint density at radius 1 is 1.22 bits per heavy atom. The highest BCUT2D eigenvalue weighted by Crippen LogP contribution is 2.35. The van der Waals surface area contributed by atoms with Gasteiger partial charge in [-0.1, -0.05) is 22.0 Å². The minimum Gasteiger partial charge on any atom is -0.486 e. The van der Waals surface area contributed by atoms with Crippen LogP contribution in [0.1, 0.15) is 11.1 Å². The molecule has 4 nitrogen and oxygen atoms in total. The van der Waals surface area contributed by atoms with Gasteiger partial charge < -0.3 is 14.8 Å². The first kappa shape index (κ1) is 15.8. The fraction of sp³-hybridized carbons (Fsp3) is 0.235. The van der Waals surface area contributed by atoms with Crippen LogP contribution in [0.25, 0.3) is 0 Å². The number of carbonyl (C=O) groups excluding carboxylic acids is 1. The molecule has 1 aliphatic heterocycles. The number of halogens is 2. The maximum atomic E-state index is 13.8. The van der Waals surface area contributed by atoms with Gasteiger partial charge in [0.1, 0.15) is 19.0 Å². The highest BCUT2D eigenvalue weighted by atomic mass is 79.9. The van der Waals surface area contributed by atoms with E-state index in [0.717, 1.165) is 15.6 Å². The SMILES string of the molecule is Cc1ccc(NC(=O)Cc2cc3c(cc2Br)OCCO3)c(F)c1. The van der Waals surface area contributed by atoms with Gasteiger partial charge in [0.05, 0.1) is 12.1 Å². The number of nitrogens with one attached hydrogen (secondary N) is 1. The summed E-state index contributed by atoms with van der Waals surface area (Å²) >= 11 is 3.42. The highest BCUT2D eigenvalue weighted by Gasteiger charge is 2.17. The van der Waals surface area contributed by atoms with Crippen molar-refractivity contribution in [2.24, 2.45) is 0 Å². The second kappa shape index (κ2) is 6.58. The van der Waals surface area contributed by atoms with E-state index in [0.29, 0.717) is 24.7 Å². The Bertz CT molecular complexity index is 764. The molecule has 1 heterocycles. The third kappa shape index (κ3) is 3.64. The number of hydrogen-bond acceptors (Lipinski definition) is 3. The third-order valence-electron chi connectivity index (χ3n) is 3.46. The first-order valence-corrected chi connectivity index (χ1v) is 7.96. The van der Waals surface area contributed by atoms with Crippen molar-refractivity contribution in [1.82, 2.24) is 0 Å². The number of ether oxygens (including phenoxy) is 2. The normalized spacial score (nSPS) is 12.8. The topological polar surface area (TPSA) is 47.6 Å². The molecule has 0 fully saturated rings. The molecule has 0 spiro atoms. The van der Waals surface area contributed by atoms with Crippen LogP contribution in [0.5, 0.6) is 11.5 Å². The van der Waals surface area contributed by atoms with E-state index in [4.69, 9.17) is 9.47 Å². The number of fused-ring (bicyclic) bond motifs is 1. The van der Waals surface area contributed by atoms with Crippen molar-refractivity contribution in [3.8, 4) is 11.5 Å². The van der Waals surface area contributed by atoms with Gasteiger partial charge in [-0.3, -0.25) is 4.79 Å². The van der Waals surface area contributed by atoms with E-state index >= 15 is 0 Å². The quantitative estimate of drug-likeness (QED) is 0.880. The lowest BCUT2D eigenvalue weighted by atomic mass is 10.1. The summed E-state index contributed by atoms with van der Waals surface area (Å²) < 4.78 is 25.5. The van der Waals surface area contributed by atoms with Gasteiger partial charge in [0, 0.05) is 4.47 Å². The third-order valence-corrected chi connectivity index (χ3v) is 4.20. The molecule has 0 atom stereocenters. The Morgan fingerprint density at radius 2 is 1.91 bits per heavy atom. The molecule has 0 aliphatic carbocycles. The number of amides is 1. The van der Waals surface area contributed by atoms with Gasteiger partial charge in [0.25, 0.3) is 0 Å². The molecule has 1 amide bonds. The Hall–Kier alpha value is -2.08. The van der Waals surface area contributed by atoms with Crippen molar-refractivity contribution in [3.05, 3.63) is 51.7 Å². The van der Waals surface area contributed by atoms with Crippen LogP contribution in [0.15, 0.2) is 34.8 Å². The van der Waals surface area contributed by atoms with Gasteiger partial charge in [0.2, 0.25) is 5.91 Å². The Balaban J connectivity index is 1.75. The van der Waals surface area contributed by atoms with Crippen LogP contribution in [0.3, 0.4) is 0 Å². The monoisotopic (exact) mass is 379 g/mol. The van der Waals surface area contributed by atoms with Gasteiger partial charge >= 0.3 is 0 Å². The molecule has 2 aromatic carbocycles. The Morgan fingerprint density at radius 3 is 2.61 bits per heavy atom. The van der Waals surface area contributed by atoms with Crippen molar-refractivity contribution in [1.29, 1.82) is 0 Å². The van der Waals surface area contributed by atoms with E-state index in [1.807, 2.05) is 0 Å². The van der Waals surface area contributed by atoms with E-state index in [9.17, 15) is 9.18 Å². The van der Waals surface area contributed by atoms with Crippen LogP contribution in [-0.2, 0) is 11.2 Å². The molecular weight excluding hydrogens is 365 g/mol. The fourth-order valence-corrected chi connectivity index (χ4v) is 2.79. The minimum absolute atomic E-state index is 0.102. The summed E-state index contributed by atoms with van der Waals surface area (Å²) in [6.07, 6.45) is 0.102. The van der Waals surface area contributed by atoms with Crippen molar-refractivity contribution in [2.75, 3.05) is 18.5 Å². The lowest BCUT2D eigenvalue weighted by molar-refractivity contribution is -0.115. The van der Waals surface area contributed by atoms with Crippen molar-refractivity contribution >= 4 is 27.5 Å². The summed E-state index contributed by atoms with van der Waals surface area (Å²) in [7, 11) is 0. The zero-order valence-corrected chi connectivity index (χ0v) is 14.1. The lowest BCUT2D eigenvalue weighted by Gasteiger charge is -2.19. The molecule has 0 saturated heterocycles. The second-order valence-electron chi connectivity index (χ2n) is 5.30. The second-order valence-corrected chi connectivity index (χ2v) is 6.15. The molecule has 2 aromatic rings. The van der Waals surface area contributed by atoms with Crippen LogP contribution in [-0.4, -0.2) is 19.1 Å². The van der Waals surface area contributed by atoms with Gasteiger partial charge in [-0.2, -0.15) is 0 Å². The zero-order valence-electron chi connectivity index (χ0n) is 12.5. The Kier molecular flexibility index (Phi) is 4.52. The molecule has 23 heavy (non-hydrogen) atoms. The standard InChI is InChI=1S/C17H15BrFNO3/c1-10-2-3-14(13(19)6-10)20-17(21)8-11-7-15-16(9-12(11)18)23-5-4-22-15/h2-3,6-7,9H,4-5,8H2,1H3,(H,20,21). The summed E-state index contributed by atoms with van der Waals surface area (Å²) in [6.45, 7) is 2.78. The molecule has 0 aromatic heterocycles. The van der Waals surface area contributed by atoms with E-state index in [-0.39, 0.29) is 18.0 Å². The van der Waals surface area contributed by atoms with Gasteiger partial charge in [-0.05, 0) is 42.3 Å². The fourth-order valence-electron chi connectivity index (χ4n) is 2.33. The Labute approximate surface area is 141 Å². The molecule has 6 heteroatoms. The average molecular weight is 380 g/mol. The molecular formula is C17H15BrFNO3. The number of anilines is 1. The zero-order chi connectivity index (χ0) is 16.4. The molecule has 0 bridgehead atoms. The number of rotatable bonds is 3. The molecule has 0 unspecified atom stereocenters. The average Bonchev–Trinajstić information content (AvgIpc) is 2.51. The van der Waals surface area contributed by atoms with Gasteiger partial charge in [0.15, 0.2) is 11.5 Å². The molecule has 1 N–H and O–H groups in total. The van der Waals surface area contributed by atoms with Crippen LogP contribution >= 0.6 is 15.9 Å². The van der Waals surface area contributed by atoms with Crippen LogP contribution in [0.4, 0.5) is 10.1 Å². The molecule has 3 rings (SSSR count). The largest absolute Gasteiger partial charge is 0.486 e. The first-order valence-electron chi connectivity index (χ1n) is 7.17. The molecule has 1 aliphatic rings. The molecule has 0 radical (unpaired) electrons. The summed E-state index contributed by atoms with van der Waals surface area (Å²) in [5.41, 5.74) is 1.73.